The molecule has 1 atom stereocenters. The van der Waals surface area contributed by atoms with Crippen LogP contribution in [0.3, 0.4) is 0 Å². The molecule has 2 fully saturated rings. The summed E-state index contributed by atoms with van der Waals surface area (Å²) in [7, 11) is 1.60. The number of para-hydroxylation sites is 1. The van der Waals surface area contributed by atoms with Crippen LogP contribution < -0.4 is 20.0 Å². The normalized spacial score (nSPS) is 19.0. The van der Waals surface area contributed by atoms with Crippen molar-refractivity contribution in [1.29, 1.82) is 0 Å². The van der Waals surface area contributed by atoms with Gasteiger partial charge in [0.1, 0.15) is 5.58 Å². The lowest BCUT2D eigenvalue weighted by Crippen LogP contribution is -2.46. The number of unbranched alkanes of at least 4 members (excludes halogenated alkanes) is 2. The van der Waals surface area contributed by atoms with Crippen molar-refractivity contribution >= 4 is 34.5 Å². The van der Waals surface area contributed by atoms with Crippen molar-refractivity contribution in [2.24, 2.45) is 4.99 Å². The molecule has 0 N–H and O–H groups in total. The van der Waals surface area contributed by atoms with Gasteiger partial charge in [0.25, 0.3) is 5.91 Å². The summed E-state index contributed by atoms with van der Waals surface area (Å²) in [6.07, 6.45) is 6.96. The number of benzene rings is 2. The Kier molecular flexibility index (Phi) is 7.73. The molecule has 3 aromatic rings. The molecular formula is C31H36N4O5. The molecule has 0 aliphatic carbocycles. The molecule has 2 saturated heterocycles. The molecule has 0 spiro atoms. The Morgan fingerprint density at radius 1 is 0.975 bits per heavy atom. The summed E-state index contributed by atoms with van der Waals surface area (Å²) in [4.78, 5) is 36.4. The fourth-order valence-electron chi connectivity index (χ4n) is 5.99. The average Bonchev–Trinajstić information content (AvgIpc) is 3.41. The van der Waals surface area contributed by atoms with E-state index in [0.717, 1.165) is 82.4 Å². The fourth-order valence-corrected chi connectivity index (χ4v) is 5.99. The number of hydrogen-bond donors (Lipinski definition) is 0. The summed E-state index contributed by atoms with van der Waals surface area (Å²) < 4.78 is 17.0. The molecule has 9 nitrogen and oxygen atoms in total. The van der Waals surface area contributed by atoms with Crippen LogP contribution in [0.4, 0.5) is 11.4 Å². The molecule has 0 bridgehead atoms. The first-order valence-corrected chi connectivity index (χ1v) is 14.3. The predicted octanol–water partition coefficient (Wildman–Crippen LogP) is 4.49. The topological polar surface area (TPSA) is 87.8 Å². The molecule has 9 heteroatoms. The Hall–Kier alpha value is -3.85. The summed E-state index contributed by atoms with van der Waals surface area (Å²) >= 11 is 0. The maximum absolute atomic E-state index is 13.0. The Balaban J connectivity index is 0.963. The Bertz CT molecular complexity index is 1460. The molecule has 4 heterocycles. The number of rotatable bonds is 9. The quantitative estimate of drug-likeness (QED) is 0.290. The van der Waals surface area contributed by atoms with Crippen LogP contribution in [0.2, 0.25) is 0 Å². The summed E-state index contributed by atoms with van der Waals surface area (Å²) in [6, 6.07) is 13.0. The lowest BCUT2D eigenvalue weighted by atomic mass is 10.1. The van der Waals surface area contributed by atoms with Gasteiger partial charge in [-0.1, -0.05) is 12.1 Å². The lowest BCUT2D eigenvalue weighted by molar-refractivity contribution is 0.0774. The zero-order chi connectivity index (χ0) is 27.5. The van der Waals surface area contributed by atoms with Gasteiger partial charge in [0.2, 0.25) is 0 Å². The van der Waals surface area contributed by atoms with Gasteiger partial charge in [-0.2, -0.15) is 0 Å². The minimum atomic E-state index is -0.302. The number of carbonyl (C=O) groups is 1. The van der Waals surface area contributed by atoms with E-state index in [1.54, 1.807) is 19.2 Å². The first-order chi connectivity index (χ1) is 19.6. The van der Waals surface area contributed by atoms with Gasteiger partial charge in [0.05, 0.1) is 36.7 Å². The number of piperazine rings is 1. The van der Waals surface area contributed by atoms with Gasteiger partial charge in [0.15, 0.2) is 11.5 Å². The maximum atomic E-state index is 13.0. The van der Waals surface area contributed by atoms with Crippen LogP contribution in [-0.4, -0.2) is 80.9 Å². The number of hydrogen-bond acceptors (Lipinski definition) is 8. The van der Waals surface area contributed by atoms with E-state index in [-0.39, 0.29) is 17.6 Å². The molecular weight excluding hydrogens is 508 g/mol. The number of methoxy groups -OCH3 is 1. The number of amides is 1. The molecule has 3 aliphatic heterocycles. The first-order valence-electron chi connectivity index (χ1n) is 14.3. The van der Waals surface area contributed by atoms with Gasteiger partial charge in [-0.25, -0.2) is 4.79 Å². The van der Waals surface area contributed by atoms with E-state index in [9.17, 15) is 9.59 Å². The van der Waals surface area contributed by atoms with Crippen LogP contribution in [0.25, 0.3) is 11.0 Å². The van der Waals surface area contributed by atoms with Crippen molar-refractivity contribution < 1.29 is 18.7 Å². The first kappa shape index (κ1) is 26.4. The number of fused-ring (bicyclic) bond motifs is 3. The van der Waals surface area contributed by atoms with E-state index in [1.165, 1.54) is 0 Å². The van der Waals surface area contributed by atoms with Crippen LogP contribution in [0.1, 0.15) is 42.5 Å². The van der Waals surface area contributed by atoms with Gasteiger partial charge < -0.3 is 23.7 Å². The molecule has 0 unspecified atom stereocenters. The molecule has 0 radical (unpaired) electrons. The van der Waals surface area contributed by atoms with Crippen molar-refractivity contribution in [3.8, 4) is 11.5 Å². The summed E-state index contributed by atoms with van der Waals surface area (Å²) in [6.45, 7) is 6.11. The number of nitrogens with zero attached hydrogens (tertiary/aromatic N) is 4. The van der Waals surface area contributed by atoms with Crippen LogP contribution in [0.15, 0.2) is 56.7 Å². The van der Waals surface area contributed by atoms with Gasteiger partial charge in [-0.15, -0.1) is 0 Å². The van der Waals surface area contributed by atoms with Crippen LogP contribution >= 0.6 is 0 Å². The second-order valence-electron chi connectivity index (χ2n) is 10.7. The molecule has 1 amide bonds. The van der Waals surface area contributed by atoms with Crippen molar-refractivity contribution in [2.75, 3.05) is 57.9 Å². The summed E-state index contributed by atoms with van der Waals surface area (Å²) in [5.74, 6) is 1.22. The third-order valence-electron chi connectivity index (χ3n) is 8.18. The minimum Gasteiger partial charge on any atom is -0.493 e. The molecule has 40 heavy (non-hydrogen) atoms. The Labute approximate surface area is 234 Å². The highest BCUT2D eigenvalue weighted by molar-refractivity contribution is 6.03. The maximum Gasteiger partial charge on any atom is 0.338 e. The van der Waals surface area contributed by atoms with Crippen LogP contribution in [-0.2, 0) is 0 Å². The lowest BCUT2D eigenvalue weighted by Gasteiger charge is -2.36. The van der Waals surface area contributed by atoms with Crippen LogP contribution in [0.5, 0.6) is 11.5 Å². The molecule has 210 valence electrons. The summed E-state index contributed by atoms with van der Waals surface area (Å²) in [5.41, 5.74) is 2.53. The van der Waals surface area contributed by atoms with Crippen molar-refractivity contribution in [3.05, 3.63) is 58.4 Å². The molecule has 3 aliphatic rings. The number of aliphatic imine (C=N–C) groups is 1. The molecule has 6 rings (SSSR count). The SMILES string of the molecule is COc1cc2c(cc1OCCCCCN1CCN(c3cc(=O)oc4ccccc34)CC1)N=C[C@@H]1CCCN1C2=O. The monoisotopic (exact) mass is 544 g/mol. The van der Waals surface area contributed by atoms with E-state index >= 15 is 0 Å². The third-order valence-corrected chi connectivity index (χ3v) is 8.18. The van der Waals surface area contributed by atoms with Crippen molar-refractivity contribution in [3.63, 3.8) is 0 Å². The molecule has 0 saturated carbocycles. The van der Waals surface area contributed by atoms with E-state index in [1.807, 2.05) is 41.4 Å². The fraction of sp³-hybridized carbons (Fsp3) is 0.452. The van der Waals surface area contributed by atoms with Gasteiger partial charge in [-0.05, 0) is 56.8 Å². The second kappa shape index (κ2) is 11.7. The number of ether oxygens (including phenoxy) is 2. The largest absolute Gasteiger partial charge is 0.493 e. The highest BCUT2D eigenvalue weighted by atomic mass is 16.5. The Morgan fingerprint density at radius 2 is 1.82 bits per heavy atom. The van der Waals surface area contributed by atoms with E-state index in [0.29, 0.717) is 34.9 Å². The van der Waals surface area contributed by atoms with Gasteiger partial charge in [-0.3, -0.25) is 14.7 Å². The van der Waals surface area contributed by atoms with E-state index in [2.05, 4.69) is 14.8 Å². The highest BCUT2D eigenvalue weighted by Gasteiger charge is 2.32. The standard InChI is InChI=1S/C31H36N4O5/c1-38-28-18-24-25(32-21-22-8-7-12-35(22)31(24)37)19-29(28)39-17-6-2-5-11-33-13-15-34(16-14-33)26-20-30(36)40-27-10-4-3-9-23(26)27/h3-4,9-10,18-22H,2,5-8,11-17H2,1H3/t22-/m0/s1. The average molecular weight is 545 g/mol. The van der Waals surface area contributed by atoms with Crippen molar-refractivity contribution in [1.82, 2.24) is 9.80 Å². The number of carbonyl (C=O) groups excluding carboxylic acids is 1. The summed E-state index contributed by atoms with van der Waals surface area (Å²) in [5, 5.41) is 0.986. The minimum absolute atomic E-state index is 0.0171. The van der Waals surface area contributed by atoms with Gasteiger partial charge in [0, 0.05) is 56.5 Å². The molecule has 1 aromatic heterocycles. The third kappa shape index (κ3) is 5.43. The highest BCUT2D eigenvalue weighted by Crippen LogP contribution is 2.38. The predicted molar refractivity (Wildman–Crippen MR) is 156 cm³/mol. The van der Waals surface area contributed by atoms with E-state index < -0.39 is 0 Å². The zero-order valence-electron chi connectivity index (χ0n) is 23.0. The molecule has 2 aromatic carbocycles. The van der Waals surface area contributed by atoms with Gasteiger partial charge >= 0.3 is 5.63 Å². The Morgan fingerprint density at radius 3 is 2.67 bits per heavy atom. The number of anilines is 1. The van der Waals surface area contributed by atoms with Crippen LogP contribution in [0, 0.1) is 0 Å². The zero-order valence-corrected chi connectivity index (χ0v) is 23.0. The smallest absolute Gasteiger partial charge is 0.338 e. The van der Waals surface area contributed by atoms with E-state index in [4.69, 9.17) is 13.9 Å². The van der Waals surface area contributed by atoms with Crippen molar-refractivity contribution in [2.45, 2.75) is 38.1 Å². The second-order valence-corrected chi connectivity index (χ2v) is 10.7.